The molecule has 0 heterocycles. The molecule has 0 amide bonds. The number of rotatable bonds is 1. The SMILES string of the molecule is ClCc1cccc2c1CCc1ccccc1-2. The van der Waals surface area contributed by atoms with Crippen LogP contribution in [0.1, 0.15) is 16.7 Å². The average molecular weight is 229 g/mol. The molecule has 16 heavy (non-hydrogen) atoms. The normalized spacial score (nSPS) is 13.1. The van der Waals surface area contributed by atoms with Gasteiger partial charge in [0.15, 0.2) is 0 Å². The standard InChI is InChI=1S/C15H13Cl/c16-10-12-5-3-7-15-13-6-2-1-4-11(13)8-9-14(12)15/h1-7H,8-10H2. The minimum Gasteiger partial charge on any atom is -0.122 e. The molecule has 2 aromatic carbocycles. The van der Waals surface area contributed by atoms with Gasteiger partial charge in [0.05, 0.1) is 0 Å². The van der Waals surface area contributed by atoms with Gasteiger partial charge in [0.2, 0.25) is 0 Å². The minimum absolute atomic E-state index is 0.616. The van der Waals surface area contributed by atoms with Gasteiger partial charge in [0, 0.05) is 5.88 Å². The van der Waals surface area contributed by atoms with Crippen LogP contribution < -0.4 is 0 Å². The predicted octanol–water partition coefficient (Wildman–Crippen LogP) is 4.19. The van der Waals surface area contributed by atoms with Gasteiger partial charge in [-0.3, -0.25) is 0 Å². The number of hydrogen-bond donors (Lipinski definition) is 0. The minimum atomic E-state index is 0.616. The van der Waals surface area contributed by atoms with Crippen LogP contribution in [0.4, 0.5) is 0 Å². The first kappa shape index (κ1) is 9.92. The first-order chi connectivity index (χ1) is 7.90. The lowest BCUT2D eigenvalue weighted by atomic mass is 9.84. The van der Waals surface area contributed by atoms with Crippen molar-refractivity contribution in [3.63, 3.8) is 0 Å². The Bertz CT molecular complexity index is 529. The van der Waals surface area contributed by atoms with Crippen LogP contribution in [0.25, 0.3) is 11.1 Å². The summed E-state index contributed by atoms with van der Waals surface area (Å²) in [4.78, 5) is 0. The van der Waals surface area contributed by atoms with Gasteiger partial charge in [-0.15, -0.1) is 11.6 Å². The van der Waals surface area contributed by atoms with Crippen molar-refractivity contribution < 1.29 is 0 Å². The van der Waals surface area contributed by atoms with E-state index in [1.54, 1.807) is 0 Å². The van der Waals surface area contributed by atoms with Crippen LogP contribution in [0.5, 0.6) is 0 Å². The summed E-state index contributed by atoms with van der Waals surface area (Å²) in [5.41, 5.74) is 6.95. The Kier molecular flexibility index (Phi) is 2.45. The van der Waals surface area contributed by atoms with E-state index < -0.39 is 0 Å². The summed E-state index contributed by atoms with van der Waals surface area (Å²) >= 11 is 5.99. The molecule has 0 saturated heterocycles. The molecular formula is C15H13Cl. The van der Waals surface area contributed by atoms with Crippen molar-refractivity contribution in [2.24, 2.45) is 0 Å². The predicted molar refractivity (Wildman–Crippen MR) is 68.8 cm³/mol. The number of halogens is 1. The van der Waals surface area contributed by atoms with E-state index in [1.807, 2.05) is 0 Å². The summed E-state index contributed by atoms with van der Waals surface area (Å²) in [6.45, 7) is 0. The molecule has 1 aliphatic rings. The zero-order chi connectivity index (χ0) is 11.0. The van der Waals surface area contributed by atoms with Crippen molar-refractivity contribution in [2.75, 3.05) is 0 Å². The molecule has 0 radical (unpaired) electrons. The van der Waals surface area contributed by atoms with Crippen LogP contribution in [-0.2, 0) is 18.7 Å². The van der Waals surface area contributed by atoms with Crippen molar-refractivity contribution >= 4 is 11.6 Å². The van der Waals surface area contributed by atoms with Gasteiger partial charge in [0.25, 0.3) is 0 Å². The van der Waals surface area contributed by atoms with Gasteiger partial charge in [-0.1, -0.05) is 42.5 Å². The Morgan fingerprint density at radius 1 is 0.875 bits per heavy atom. The summed E-state index contributed by atoms with van der Waals surface area (Å²) in [6.07, 6.45) is 2.26. The molecule has 0 aliphatic heterocycles. The molecule has 3 rings (SSSR count). The van der Waals surface area contributed by atoms with Crippen LogP contribution in [0.2, 0.25) is 0 Å². The van der Waals surface area contributed by atoms with E-state index in [4.69, 9.17) is 11.6 Å². The Balaban J connectivity index is 2.25. The highest BCUT2D eigenvalue weighted by Gasteiger charge is 2.17. The number of alkyl halides is 1. The van der Waals surface area contributed by atoms with Gasteiger partial charge in [-0.2, -0.15) is 0 Å². The van der Waals surface area contributed by atoms with Gasteiger partial charge in [-0.25, -0.2) is 0 Å². The highest BCUT2D eigenvalue weighted by Crippen LogP contribution is 2.35. The zero-order valence-corrected chi connectivity index (χ0v) is 9.80. The second-order valence-corrected chi connectivity index (χ2v) is 4.50. The zero-order valence-electron chi connectivity index (χ0n) is 9.04. The Labute approximate surface area is 101 Å². The largest absolute Gasteiger partial charge is 0.122 e. The van der Waals surface area contributed by atoms with Crippen LogP contribution in [0.3, 0.4) is 0 Å². The summed E-state index contributed by atoms with van der Waals surface area (Å²) < 4.78 is 0. The fraction of sp³-hybridized carbons (Fsp3) is 0.200. The Morgan fingerprint density at radius 3 is 2.56 bits per heavy atom. The van der Waals surface area contributed by atoms with Crippen molar-refractivity contribution in [3.05, 3.63) is 59.2 Å². The smallest absolute Gasteiger partial charge is 0.0477 e. The summed E-state index contributed by atoms with van der Waals surface area (Å²) in [7, 11) is 0. The average Bonchev–Trinajstić information content (AvgIpc) is 2.37. The summed E-state index contributed by atoms with van der Waals surface area (Å²) in [5, 5.41) is 0. The van der Waals surface area contributed by atoms with E-state index in [2.05, 4.69) is 42.5 Å². The maximum absolute atomic E-state index is 5.99. The third kappa shape index (κ3) is 1.45. The van der Waals surface area contributed by atoms with Crippen molar-refractivity contribution in [3.8, 4) is 11.1 Å². The third-order valence-electron chi connectivity index (χ3n) is 3.37. The van der Waals surface area contributed by atoms with Crippen molar-refractivity contribution in [1.29, 1.82) is 0 Å². The molecule has 0 unspecified atom stereocenters. The third-order valence-corrected chi connectivity index (χ3v) is 3.66. The number of hydrogen-bond acceptors (Lipinski definition) is 0. The molecule has 0 N–H and O–H groups in total. The van der Waals surface area contributed by atoms with E-state index in [0.717, 1.165) is 12.8 Å². The molecule has 0 aromatic heterocycles. The first-order valence-electron chi connectivity index (χ1n) is 5.65. The fourth-order valence-corrected chi connectivity index (χ4v) is 2.82. The van der Waals surface area contributed by atoms with E-state index in [0.29, 0.717) is 5.88 Å². The van der Waals surface area contributed by atoms with Gasteiger partial charge >= 0.3 is 0 Å². The molecule has 2 aromatic rings. The van der Waals surface area contributed by atoms with Crippen LogP contribution in [0, 0.1) is 0 Å². The first-order valence-corrected chi connectivity index (χ1v) is 6.18. The fourth-order valence-electron chi connectivity index (χ4n) is 2.57. The van der Waals surface area contributed by atoms with Crippen molar-refractivity contribution in [2.45, 2.75) is 18.7 Å². The molecule has 80 valence electrons. The molecule has 0 fully saturated rings. The molecule has 0 nitrogen and oxygen atoms in total. The summed E-state index contributed by atoms with van der Waals surface area (Å²) in [6, 6.07) is 15.1. The number of aryl methyl sites for hydroxylation is 1. The van der Waals surface area contributed by atoms with E-state index in [1.165, 1.54) is 27.8 Å². The van der Waals surface area contributed by atoms with Gasteiger partial charge < -0.3 is 0 Å². The van der Waals surface area contributed by atoms with Gasteiger partial charge in [0.1, 0.15) is 0 Å². The second kappa shape index (κ2) is 3.95. The second-order valence-electron chi connectivity index (χ2n) is 4.23. The van der Waals surface area contributed by atoms with Crippen molar-refractivity contribution in [1.82, 2.24) is 0 Å². The molecular weight excluding hydrogens is 216 g/mol. The maximum Gasteiger partial charge on any atom is 0.0477 e. The number of benzene rings is 2. The number of fused-ring (bicyclic) bond motifs is 3. The van der Waals surface area contributed by atoms with E-state index >= 15 is 0 Å². The molecule has 0 spiro atoms. The molecule has 1 heteroatoms. The van der Waals surface area contributed by atoms with Crippen LogP contribution >= 0.6 is 11.6 Å². The molecule has 0 saturated carbocycles. The Hall–Kier alpha value is -1.27. The van der Waals surface area contributed by atoms with Crippen LogP contribution in [-0.4, -0.2) is 0 Å². The van der Waals surface area contributed by atoms with E-state index in [9.17, 15) is 0 Å². The monoisotopic (exact) mass is 228 g/mol. The maximum atomic E-state index is 5.99. The lowest BCUT2D eigenvalue weighted by Gasteiger charge is -2.21. The molecule has 1 aliphatic carbocycles. The molecule has 0 bridgehead atoms. The lowest BCUT2D eigenvalue weighted by Crippen LogP contribution is -2.06. The highest BCUT2D eigenvalue weighted by atomic mass is 35.5. The van der Waals surface area contributed by atoms with E-state index in [-0.39, 0.29) is 0 Å². The lowest BCUT2D eigenvalue weighted by molar-refractivity contribution is 0.928. The summed E-state index contributed by atoms with van der Waals surface area (Å²) in [5.74, 6) is 0.616. The van der Waals surface area contributed by atoms with Crippen LogP contribution in [0.15, 0.2) is 42.5 Å². The van der Waals surface area contributed by atoms with Gasteiger partial charge in [-0.05, 0) is 40.7 Å². The quantitative estimate of drug-likeness (QED) is 0.642. The topological polar surface area (TPSA) is 0 Å². The Morgan fingerprint density at radius 2 is 1.69 bits per heavy atom. The highest BCUT2D eigenvalue weighted by molar-refractivity contribution is 6.17. The molecule has 0 atom stereocenters.